The van der Waals surface area contributed by atoms with Crippen LogP contribution in [0, 0.1) is 0 Å². The fraction of sp³-hybridized carbons (Fsp3) is 0.273. The van der Waals surface area contributed by atoms with Gasteiger partial charge in [0.25, 0.3) is 5.56 Å². The Bertz CT molecular complexity index is 1390. The van der Waals surface area contributed by atoms with Gasteiger partial charge < -0.3 is 9.47 Å². The summed E-state index contributed by atoms with van der Waals surface area (Å²) in [7, 11) is 1.64. The highest BCUT2D eigenvalue weighted by Gasteiger charge is 2.21. The maximum Gasteiger partial charge on any atom is 0.333 e. The summed E-state index contributed by atoms with van der Waals surface area (Å²) in [5.41, 5.74) is 0.438. The van der Waals surface area contributed by atoms with Gasteiger partial charge in [-0.05, 0) is 24.6 Å². The summed E-state index contributed by atoms with van der Waals surface area (Å²) in [5.74, 6) is -0.345. The zero-order valence-electron chi connectivity index (χ0n) is 17.7. The minimum atomic E-state index is -0.561. The van der Waals surface area contributed by atoms with Crippen molar-refractivity contribution >= 4 is 40.0 Å². The predicted octanol–water partition coefficient (Wildman–Crippen LogP) is 2.80. The van der Waals surface area contributed by atoms with Gasteiger partial charge in [0.15, 0.2) is 11.2 Å². The number of aromatic nitrogens is 4. The van der Waals surface area contributed by atoms with Crippen molar-refractivity contribution in [3.05, 3.63) is 84.4 Å². The van der Waals surface area contributed by atoms with Gasteiger partial charge in [-0.2, -0.15) is 0 Å². The van der Waals surface area contributed by atoms with Crippen LogP contribution in [-0.2, 0) is 31.0 Å². The lowest BCUT2D eigenvalue weighted by Crippen LogP contribution is -2.44. The average Bonchev–Trinajstić information content (AvgIpc) is 3.40. The molecular formula is C22H22ClN5O3S. The molecular weight excluding hydrogens is 450 g/mol. The second-order valence-corrected chi connectivity index (χ2v) is 9.20. The zero-order chi connectivity index (χ0) is 22.8. The number of rotatable bonds is 7. The molecule has 32 heavy (non-hydrogen) atoms. The molecule has 0 aliphatic heterocycles. The molecule has 3 aromatic heterocycles. The molecule has 4 aromatic rings. The topological polar surface area (TPSA) is 82.1 Å². The number of benzene rings is 1. The van der Waals surface area contributed by atoms with Crippen molar-refractivity contribution in [1.29, 1.82) is 0 Å². The van der Waals surface area contributed by atoms with Gasteiger partial charge in [-0.3, -0.25) is 14.2 Å². The number of fused-ring (bicyclic) bond motifs is 1. The van der Waals surface area contributed by atoms with Crippen molar-refractivity contribution in [1.82, 2.24) is 23.6 Å². The first-order chi connectivity index (χ1) is 15.4. The van der Waals surface area contributed by atoms with E-state index in [1.54, 1.807) is 24.0 Å². The molecule has 3 heterocycles. The van der Waals surface area contributed by atoms with Gasteiger partial charge in [0, 0.05) is 18.5 Å². The van der Waals surface area contributed by atoms with E-state index >= 15 is 0 Å². The Morgan fingerprint density at radius 3 is 2.53 bits per heavy atom. The molecule has 0 unspecified atom stereocenters. The van der Waals surface area contributed by atoms with Crippen LogP contribution in [0.5, 0.6) is 0 Å². The Morgan fingerprint density at radius 1 is 1.12 bits per heavy atom. The second-order valence-electron chi connectivity index (χ2n) is 7.40. The van der Waals surface area contributed by atoms with Gasteiger partial charge in [0.05, 0.1) is 23.8 Å². The summed E-state index contributed by atoms with van der Waals surface area (Å²) >= 11 is 7.35. The molecule has 0 aliphatic rings. The van der Waals surface area contributed by atoms with Gasteiger partial charge in [0.1, 0.15) is 6.54 Å². The molecule has 0 radical (unpaired) electrons. The van der Waals surface area contributed by atoms with E-state index in [0.717, 1.165) is 15.0 Å². The van der Waals surface area contributed by atoms with E-state index in [1.165, 1.54) is 20.8 Å². The summed E-state index contributed by atoms with van der Waals surface area (Å²) < 4.78 is 4.78. The van der Waals surface area contributed by atoms with Gasteiger partial charge in [-0.1, -0.05) is 41.9 Å². The largest absolute Gasteiger partial charge is 0.339 e. The van der Waals surface area contributed by atoms with Gasteiger partial charge in [0.2, 0.25) is 5.91 Å². The fourth-order valence-corrected chi connectivity index (χ4v) is 4.68. The van der Waals surface area contributed by atoms with Gasteiger partial charge >= 0.3 is 5.69 Å². The van der Waals surface area contributed by atoms with Crippen molar-refractivity contribution in [2.24, 2.45) is 0 Å². The number of thiophene rings is 1. The molecule has 8 nitrogen and oxygen atoms in total. The number of aryl methyl sites for hydroxylation is 1. The lowest BCUT2D eigenvalue weighted by molar-refractivity contribution is -0.131. The molecule has 1 amide bonds. The fourth-order valence-electron chi connectivity index (χ4n) is 3.54. The Morgan fingerprint density at radius 2 is 1.88 bits per heavy atom. The predicted molar refractivity (Wildman–Crippen MR) is 125 cm³/mol. The van der Waals surface area contributed by atoms with E-state index in [4.69, 9.17) is 11.6 Å². The average molecular weight is 472 g/mol. The first-order valence-corrected chi connectivity index (χ1v) is 11.3. The number of imidazole rings is 1. The van der Waals surface area contributed by atoms with E-state index in [1.807, 2.05) is 43.3 Å². The van der Waals surface area contributed by atoms with Gasteiger partial charge in [-0.25, -0.2) is 14.3 Å². The monoisotopic (exact) mass is 471 g/mol. The summed E-state index contributed by atoms with van der Waals surface area (Å²) in [6.07, 6.45) is 1.55. The van der Waals surface area contributed by atoms with Crippen LogP contribution in [-0.4, -0.2) is 36.5 Å². The number of likely N-dealkylation sites (N-methyl/N-ethyl adjacent to an activating group) is 1. The number of nitrogens with zero attached hydrogens (tertiary/aromatic N) is 5. The van der Waals surface area contributed by atoms with Crippen molar-refractivity contribution < 1.29 is 4.79 Å². The van der Waals surface area contributed by atoms with E-state index in [9.17, 15) is 14.4 Å². The van der Waals surface area contributed by atoms with Crippen LogP contribution in [0.25, 0.3) is 11.2 Å². The summed E-state index contributed by atoms with van der Waals surface area (Å²) in [6.45, 7) is 2.64. The van der Waals surface area contributed by atoms with Crippen LogP contribution in [0.2, 0.25) is 4.34 Å². The summed E-state index contributed by atoms with van der Waals surface area (Å²) in [4.78, 5) is 46.2. The van der Waals surface area contributed by atoms with Crippen molar-refractivity contribution in [2.75, 3.05) is 7.05 Å². The van der Waals surface area contributed by atoms with Crippen molar-refractivity contribution in [3.8, 4) is 0 Å². The molecule has 0 saturated carbocycles. The van der Waals surface area contributed by atoms with E-state index in [2.05, 4.69) is 4.98 Å². The van der Waals surface area contributed by atoms with E-state index in [0.29, 0.717) is 28.6 Å². The Balaban J connectivity index is 1.74. The van der Waals surface area contributed by atoms with Crippen LogP contribution < -0.4 is 11.2 Å². The number of halogens is 1. The third-order valence-electron chi connectivity index (χ3n) is 5.25. The maximum atomic E-state index is 13.3. The maximum absolute atomic E-state index is 13.3. The van der Waals surface area contributed by atoms with Crippen LogP contribution in [0.3, 0.4) is 0 Å². The minimum absolute atomic E-state index is 0.245. The number of hydrogen-bond acceptors (Lipinski definition) is 5. The SMILES string of the molecule is CCn1cnc2c1c(=O)n(CC(=O)N(C)Cc1ccc(Cl)s1)c(=O)n2Cc1ccccc1. The first kappa shape index (κ1) is 22.0. The lowest BCUT2D eigenvalue weighted by Gasteiger charge is -2.18. The van der Waals surface area contributed by atoms with Gasteiger partial charge in [-0.15, -0.1) is 11.3 Å². The Kier molecular flexibility index (Phi) is 6.29. The summed E-state index contributed by atoms with van der Waals surface area (Å²) in [6, 6.07) is 13.1. The lowest BCUT2D eigenvalue weighted by atomic mass is 10.2. The number of amides is 1. The van der Waals surface area contributed by atoms with Crippen molar-refractivity contribution in [2.45, 2.75) is 33.1 Å². The molecule has 0 fully saturated rings. The van der Waals surface area contributed by atoms with E-state index < -0.39 is 11.2 Å². The van der Waals surface area contributed by atoms with Crippen LogP contribution >= 0.6 is 22.9 Å². The molecule has 0 N–H and O–H groups in total. The smallest absolute Gasteiger partial charge is 0.333 e. The molecule has 4 rings (SSSR count). The third-order valence-corrected chi connectivity index (χ3v) is 6.46. The van der Waals surface area contributed by atoms with E-state index in [-0.39, 0.29) is 19.0 Å². The molecule has 166 valence electrons. The molecule has 0 spiro atoms. The normalized spacial score (nSPS) is 11.2. The standard InChI is InChI=1S/C22H22ClN5O3S/c1-3-26-14-24-20-19(26)21(30)28(22(31)27(20)11-15-7-5-4-6-8-15)13-18(29)25(2)12-16-9-10-17(23)32-16/h4-10,14H,3,11-13H2,1-2H3. The highest BCUT2D eigenvalue weighted by atomic mass is 35.5. The molecule has 0 atom stereocenters. The third kappa shape index (κ3) is 4.26. The molecule has 0 saturated heterocycles. The number of carbonyl (C=O) groups excluding carboxylic acids is 1. The Labute approximate surface area is 192 Å². The molecule has 0 bridgehead atoms. The Hall–Kier alpha value is -3.17. The zero-order valence-corrected chi connectivity index (χ0v) is 19.3. The first-order valence-electron chi connectivity index (χ1n) is 10.1. The van der Waals surface area contributed by atoms with Crippen LogP contribution in [0.15, 0.2) is 58.4 Å². The van der Waals surface area contributed by atoms with Crippen LogP contribution in [0.4, 0.5) is 0 Å². The summed E-state index contributed by atoms with van der Waals surface area (Å²) in [5, 5.41) is 0. The molecule has 10 heteroatoms. The quantitative estimate of drug-likeness (QED) is 0.415. The minimum Gasteiger partial charge on any atom is -0.339 e. The highest BCUT2D eigenvalue weighted by Crippen LogP contribution is 2.22. The van der Waals surface area contributed by atoms with Crippen molar-refractivity contribution in [3.63, 3.8) is 0 Å². The second kappa shape index (κ2) is 9.13. The number of carbonyl (C=O) groups is 1. The number of hydrogen-bond donors (Lipinski definition) is 0. The van der Waals surface area contributed by atoms with Crippen LogP contribution in [0.1, 0.15) is 17.4 Å². The molecule has 0 aliphatic carbocycles. The molecule has 1 aromatic carbocycles. The highest BCUT2D eigenvalue weighted by molar-refractivity contribution is 7.16.